The first-order valence-corrected chi connectivity index (χ1v) is 8.08. The molecule has 20 heavy (non-hydrogen) atoms. The second-order valence-corrected chi connectivity index (χ2v) is 6.49. The monoisotopic (exact) mass is 284 g/mol. The first-order valence-electron chi connectivity index (χ1n) is 8.08. The molecule has 0 bridgehead atoms. The molecular weight excluding hydrogens is 252 g/mol. The summed E-state index contributed by atoms with van der Waals surface area (Å²) in [6, 6.07) is 0.139. The maximum absolute atomic E-state index is 12.7. The van der Waals surface area contributed by atoms with Crippen LogP contribution in [0.5, 0.6) is 0 Å². The van der Waals surface area contributed by atoms with Crippen molar-refractivity contribution in [1.29, 1.82) is 0 Å². The Balaban J connectivity index is 2.84. The molecule has 0 aromatic rings. The fourth-order valence-corrected chi connectivity index (χ4v) is 2.90. The van der Waals surface area contributed by atoms with Crippen LogP contribution in [-0.2, 0) is 9.53 Å². The van der Waals surface area contributed by atoms with Crippen LogP contribution in [0.25, 0.3) is 0 Å². The van der Waals surface area contributed by atoms with Crippen molar-refractivity contribution in [1.82, 2.24) is 10.2 Å². The van der Waals surface area contributed by atoms with Crippen LogP contribution >= 0.6 is 0 Å². The molecule has 0 saturated carbocycles. The van der Waals surface area contributed by atoms with Gasteiger partial charge in [0, 0.05) is 6.61 Å². The van der Waals surface area contributed by atoms with Crippen LogP contribution in [0.3, 0.4) is 0 Å². The van der Waals surface area contributed by atoms with Crippen LogP contribution in [0.2, 0.25) is 0 Å². The molecule has 118 valence electrons. The van der Waals surface area contributed by atoms with E-state index < -0.39 is 0 Å². The highest BCUT2D eigenvalue weighted by Crippen LogP contribution is 2.24. The summed E-state index contributed by atoms with van der Waals surface area (Å²) in [5.41, 5.74) is 0. The third-order valence-electron chi connectivity index (χ3n) is 4.00. The summed E-state index contributed by atoms with van der Waals surface area (Å²) in [5.74, 6) is 1.18. The number of rotatable bonds is 8. The molecule has 0 aromatic heterocycles. The number of amides is 1. The maximum atomic E-state index is 12.7. The molecule has 1 fully saturated rings. The van der Waals surface area contributed by atoms with Crippen LogP contribution in [0.4, 0.5) is 0 Å². The Kier molecular flexibility index (Phi) is 6.96. The molecule has 1 saturated heterocycles. The van der Waals surface area contributed by atoms with Gasteiger partial charge in [-0.15, -0.1) is 0 Å². The zero-order valence-electron chi connectivity index (χ0n) is 14.0. The zero-order valence-corrected chi connectivity index (χ0v) is 14.0. The highest BCUT2D eigenvalue weighted by molar-refractivity contribution is 5.84. The van der Waals surface area contributed by atoms with Gasteiger partial charge in [0.2, 0.25) is 5.91 Å². The van der Waals surface area contributed by atoms with Crippen LogP contribution in [0.15, 0.2) is 0 Å². The summed E-state index contributed by atoms with van der Waals surface area (Å²) in [6.07, 6.45) is 2.00. The molecule has 0 aliphatic carbocycles. The van der Waals surface area contributed by atoms with Crippen molar-refractivity contribution in [3.63, 3.8) is 0 Å². The van der Waals surface area contributed by atoms with Crippen molar-refractivity contribution < 1.29 is 9.53 Å². The average Bonchev–Trinajstić information content (AvgIpc) is 2.67. The van der Waals surface area contributed by atoms with E-state index in [-0.39, 0.29) is 24.2 Å². The Bertz CT molecular complexity index is 305. The third-order valence-corrected chi connectivity index (χ3v) is 4.00. The van der Waals surface area contributed by atoms with Gasteiger partial charge in [0.25, 0.3) is 0 Å². The summed E-state index contributed by atoms with van der Waals surface area (Å²) in [4.78, 5) is 14.8. The van der Waals surface area contributed by atoms with Gasteiger partial charge in [-0.25, -0.2) is 0 Å². The molecule has 0 spiro atoms. The smallest absolute Gasteiger partial charge is 0.241 e. The topological polar surface area (TPSA) is 41.6 Å². The summed E-state index contributed by atoms with van der Waals surface area (Å²) in [7, 11) is 0. The molecule has 4 nitrogen and oxygen atoms in total. The van der Waals surface area contributed by atoms with Gasteiger partial charge >= 0.3 is 0 Å². The first kappa shape index (κ1) is 17.4. The minimum absolute atomic E-state index is 0.0252. The molecule has 1 aliphatic heterocycles. The van der Waals surface area contributed by atoms with Crippen LogP contribution < -0.4 is 5.32 Å². The van der Waals surface area contributed by atoms with Gasteiger partial charge in [0.15, 0.2) is 0 Å². The Morgan fingerprint density at radius 1 is 1.25 bits per heavy atom. The van der Waals surface area contributed by atoms with E-state index in [1.807, 2.05) is 11.8 Å². The fraction of sp³-hybridized carbons (Fsp3) is 0.938. The van der Waals surface area contributed by atoms with E-state index >= 15 is 0 Å². The largest absolute Gasteiger partial charge is 0.380 e. The van der Waals surface area contributed by atoms with E-state index in [4.69, 9.17) is 4.74 Å². The highest BCUT2D eigenvalue weighted by Gasteiger charge is 2.42. The Hall–Kier alpha value is -0.610. The number of carbonyl (C=O) groups excluding carboxylic acids is 1. The number of nitrogens with one attached hydrogen (secondary N) is 1. The molecular formula is C16H32N2O2. The van der Waals surface area contributed by atoms with E-state index in [1.165, 1.54) is 0 Å². The lowest BCUT2D eigenvalue weighted by molar-refractivity contribution is -0.135. The van der Waals surface area contributed by atoms with E-state index in [0.717, 1.165) is 12.8 Å². The van der Waals surface area contributed by atoms with Crippen molar-refractivity contribution >= 4 is 5.91 Å². The number of hydrogen-bond acceptors (Lipinski definition) is 3. The van der Waals surface area contributed by atoms with Crippen LogP contribution in [-0.4, -0.2) is 42.3 Å². The second kappa shape index (κ2) is 7.99. The molecule has 3 unspecified atom stereocenters. The summed E-state index contributed by atoms with van der Waals surface area (Å²) >= 11 is 0. The second-order valence-electron chi connectivity index (χ2n) is 6.49. The van der Waals surface area contributed by atoms with E-state index in [9.17, 15) is 4.79 Å². The summed E-state index contributed by atoms with van der Waals surface area (Å²) < 4.78 is 5.61. The lowest BCUT2D eigenvalue weighted by atomic mass is 10.0. The van der Waals surface area contributed by atoms with E-state index in [1.54, 1.807) is 0 Å². The van der Waals surface area contributed by atoms with Crippen molar-refractivity contribution in [3.05, 3.63) is 0 Å². The van der Waals surface area contributed by atoms with Crippen molar-refractivity contribution in [2.24, 2.45) is 11.8 Å². The Labute approximate surface area is 124 Å². The van der Waals surface area contributed by atoms with Gasteiger partial charge < -0.3 is 9.64 Å². The van der Waals surface area contributed by atoms with E-state index in [2.05, 4.69) is 39.9 Å². The number of hydrogen-bond donors (Lipinski definition) is 1. The molecule has 1 aliphatic rings. The molecule has 0 aromatic carbocycles. The molecule has 4 heteroatoms. The molecule has 1 heterocycles. The third kappa shape index (κ3) is 4.19. The van der Waals surface area contributed by atoms with E-state index in [0.29, 0.717) is 25.0 Å². The van der Waals surface area contributed by atoms with Gasteiger partial charge in [-0.2, -0.15) is 0 Å². The zero-order chi connectivity index (χ0) is 15.3. The molecule has 3 atom stereocenters. The van der Waals surface area contributed by atoms with Gasteiger partial charge in [-0.05, 0) is 31.6 Å². The molecule has 1 N–H and O–H groups in total. The first-order chi connectivity index (χ1) is 9.42. The molecule has 0 radical (unpaired) electrons. The normalized spacial score (nSPS) is 25.0. The summed E-state index contributed by atoms with van der Waals surface area (Å²) in [5, 5.41) is 3.50. The van der Waals surface area contributed by atoms with Crippen LogP contribution in [0, 0.1) is 11.8 Å². The van der Waals surface area contributed by atoms with Gasteiger partial charge in [0.05, 0.1) is 24.9 Å². The Morgan fingerprint density at radius 3 is 2.35 bits per heavy atom. The standard InChI is InChI=1S/C16H32N2O2/c1-7-15-17-13(9-11(3)4)16(19)18(15)14(12(5)6)10-20-8-2/h11-15,17H,7-10H2,1-6H3. The highest BCUT2D eigenvalue weighted by atomic mass is 16.5. The lowest BCUT2D eigenvalue weighted by Gasteiger charge is -2.34. The predicted molar refractivity (Wildman–Crippen MR) is 82.4 cm³/mol. The van der Waals surface area contributed by atoms with Crippen molar-refractivity contribution in [2.75, 3.05) is 13.2 Å². The Morgan fingerprint density at radius 2 is 1.90 bits per heavy atom. The number of carbonyl (C=O) groups is 1. The number of nitrogens with zero attached hydrogens (tertiary/aromatic N) is 1. The SMILES string of the molecule is CCOCC(C(C)C)N1C(=O)C(CC(C)C)NC1CC. The average molecular weight is 284 g/mol. The van der Waals surface area contributed by atoms with Crippen molar-refractivity contribution in [2.45, 2.75) is 72.6 Å². The minimum atomic E-state index is -0.0252. The van der Waals surface area contributed by atoms with Crippen molar-refractivity contribution in [3.8, 4) is 0 Å². The predicted octanol–water partition coefficient (Wildman–Crippen LogP) is 2.63. The molecule has 1 rings (SSSR count). The van der Waals surface area contributed by atoms with Gasteiger partial charge in [-0.1, -0.05) is 34.6 Å². The van der Waals surface area contributed by atoms with Gasteiger partial charge in [-0.3, -0.25) is 10.1 Å². The number of ether oxygens (including phenoxy) is 1. The fourth-order valence-electron chi connectivity index (χ4n) is 2.90. The maximum Gasteiger partial charge on any atom is 0.241 e. The van der Waals surface area contributed by atoms with Crippen LogP contribution in [0.1, 0.15) is 54.4 Å². The lowest BCUT2D eigenvalue weighted by Crippen LogP contribution is -2.49. The van der Waals surface area contributed by atoms with Gasteiger partial charge in [0.1, 0.15) is 0 Å². The minimum Gasteiger partial charge on any atom is -0.380 e. The molecule has 1 amide bonds. The summed E-state index contributed by atoms with van der Waals surface area (Å²) in [6.45, 7) is 14.1. The quantitative estimate of drug-likeness (QED) is 0.745.